The van der Waals surface area contributed by atoms with Crippen LogP contribution in [0.5, 0.6) is 5.75 Å². The molecule has 0 saturated heterocycles. The van der Waals surface area contributed by atoms with Crippen LogP contribution in [0.15, 0.2) is 35.4 Å². The Morgan fingerprint density at radius 1 is 1.18 bits per heavy atom. The molecule has 0 spiro atoms. The number of phenols is 1. The van der Waals surface area contributed by atoms with Crippen LogP contribution >= 0.6 is 0 Å². The number of ketones is 1. The zero-order valence-electron chi connectivity index (χ0n) is 23.0. The minimum atomic E-state index is -0.638. The molecule has 1 amide bonds. The lowest BCUT2D eigenvalue weighted by Crippen LogP contribution is -2.26. The van der Waals surface area contributed by atoms with Gasteiger partial charge in [-0.1, -0.05) is 26.3 Å². The number of ether oxygens (including phenoxy) is 2. The summed E-state index contributed by atoms with van der Waals surface area (Å²) in [5.74, 6) is -0.404. The molecule has 206 valence electrons. The molecule has 0 fully saturated rings. The Labute approximate surface area is 223 Å². The standard InChI is InChI=1S/C29H38N2O7/c1-7-17(2)10-24-25(13-30-28(36)14-32)23-12-21(35)8-9-27(23)31-29(24)18(3)11-22(20(5)37-6)26(19(4)34)15-38-16-33/h8-9,11-12,16-17,20,32,35H,7,10,13-15H2,1-6H3,(H,30,36)/b18-11+,26-22+. The first-order chi connectivity index (χ1) is 18.1. The fraction of sp³-hybridized carbons (Fsp3) is 0.448. The monoisotopic (exact) mass is 526 g/mol. The maximum atomic E-state index is 12.5. The highest BCUT2D eigenvalue weighted by atomic mass is 16.5. The smallest absolute Gasteiger partial charge is 0.293 e. The molecule has 9 nitrogen and oxygen atoms in total. The van der Waals surface area contributed by atoms with Gasteiger partial charge in [-0.2, -0.15) is 0 Å². The summed E-state index contributed by atoms with van der Waals surface area (Å²) in [5.41, 5.74) is 4.60. The van der Waals surface area contributed by atoms with E-state index >= 15 is 0 Å². The normalized spacial score (nSPS) is 14.0. The van der Waals surface area contributed by atoms with Gasteiger partial charge in [-0.3, -0.25) is 14.4 Å². The van der Waals surface area contributed by atoms with E-state index < -0.39 is 18.6 Å². The number of phenolic OH excluding ortho intramolecular Hbond substituents is 1. The number of Topliss-reactive ketones (excluding diaryl/α,β-unsaturated/α-hetero) is 1. The molecule has 2 rings (SSSR count). The summed E-state index contributed by atoms with van der Waals surface area (Å²) < 4.78 is 10.5. The molecule has 2 aromatic rings. The number of carbonyl (C=O) groups excluding carboxylic acids is 3. The summed E-state index contributed by atoms with van der Waals surface area (Å²) in [6.07, 6.45) is 2.90. The van der Waals surface area contributed by atoms with Crippen molar-refractivity contribution in [3.05, 3.63) is 52.2 Å². The topological polar surface area (TPSA) is 135 Å². The highest BCUT2D eigenvalue weighted by Crippen LogP contribution is 2.33. The Morgan fingerprint density at radius 3 is 2.47 bits per heavy atom. The largest absolute Gasteiger partial charge is 0.508 e. The second-order valence-electron chi connectivity index (χ2n) is 9.37. The Morgan fingerprint density at radius 2 is 1.89 bits per heavy atom. The van der Waals surface area contributed by atoms with Crippen molar-refractivity contribution in [1.29, 1.82) is 0 Å². The predicted molar refractivity (Wildman–Crippen MR) is 145 cm³/mol. The Kier molecular flexibility index (Phi) is 11.6. The number of benzene rings is 1. The molecular formula is C29H38N2O7. The number of allylic oxidation sites excluding steroid dienone is 1. The molecule has 0 saturated carbocycles. The second kappa shape index (κ2) is 14.4. The van der Waals surface area contributed by atoms with E-state index in [1.807, 2.05) is 13.0 Å². The van der Waals surface area contributed by atoms with Gasteiger partial charge in [-0.25, -0.2) is 4.98 Å². The second-order valence-corrected chi connectivity index (χ2v) is 9.37. The number of carbonyl (C=O) groups is 3. The van der Waals surface area contributed by atoms with Gasteiger partial charge in [-0.05, 0) is 73.6 Å². The molecule has 0 aliphatic rings. The number of nitrogens with one attached hydrogen (secondary N) is 1. The summed E-state index contributed by atoms with van der Waals surface area (Å²) in [6.45, 7) is 8.91. The maximum Gasteiger partial charge on any atom is 0.293 e. The molecule has 1 aromatic heterocycles. The van der Waals surface area contributed by atoms with Crippen molar-refractivity contribution in [2.75, 3.05) is 20.3 Å². The Bertz CT molecular complexity index is 1230. The van der Waals surface area contributed by atoms with Crippen molar-refractivity contribution in [1.82, 2.24) is 10.3 Å². The Balaban J connectivity index is 2.90. The predicted octanol–water partition coefficient (Wildman–Crippen LogP) is 3.63. The van der Waals surface area contributed by atoms with E-state index in [4.69, 9.17) is 14.5 Å². The van der Waals surface area contributed by atoms with Crippen LogP contribution in [0.25, 0.3) is 16.5 Å². The number of aromatic nitrogens is 1. The van der Waals surface area contributed by atoms with Gasteiger partial charge < -0.3 is 25.0 Å². The summed E-state index contributed by atoms with van der Waals surface area (Å²) in [7, 11) is 1.53. The SMILES string of the molecule is CCC(C)Cc1c(/C(C)=C/C(=C(/COC=O)C(C)=O)C(C)OC)nc2ccc(O)cc2c1CNC(=O)CO. The number of nitrogens with zero attached hydrogens (tertiary/aromatic N) is 1. The quantitative estimate of drug-likeness (QED) is 0.193. The van der Waals surface area contributed by atoms with Crippen molar-refractivity contribution >= 4 is 34.6 Å². The zero-order chi connectivity index (χ0) is 28.4. The third-order valence-electron chi connectivity index (χ3n) is 6.65. The number of amides is 1. The molecule has 0 aliphatic carbocycles. The summed E-state index contributed by atoms with van der Waals surface area (Å²) in [5, 5.41) is 22.9. The number of rotatable bonds is 14. The molecule has 2 unspecified atom stereocenters. The van der Waals surface area contributed by atoms with Crippen LogP contribution in [0.2, 0.25) is 0 Å². The minimum Gasteiger partial charge on any atom is -0.508 e. The van der Waals surface area contributed by atoms with Crippen LogP contribution < -0.4 is 5.32 Å². The highest BCUT2D eigenvalue weighted by Gasteiger charge is 2.22. The van der Waals surface area contributed by atoms with Crippen LogP contribution in [0.1, 0.15) is 57.9 Å². The van der Waals surface area contributed by atoms with Crippen LogP contribution in [0, 0.1) is 5.92 Å². The van der Waals surface area contributed by atoms with Gasteiger partial charge in [-0.15, -0.1) is 0 Å². The fourth-order valence-electron chi connectivity index (χ4n) is 4.22. The number of pyridine rings is 1. The van der Waals surface area contributed by atoms with Crippen LogP contribution in [-0.2, 0) is 36.8 Å². The molecule has 0 bridgehead atoms. The van der Waals surface area contributed by atoms with E-state index in [-0.39, 0.29) is 30.6 Å². The van der Waals surface area contributed by atoms with Crippen molar-refractivity contribution in [2.45, 2.75) is 60.1 Å². The number of hydrogen-bond acceptors (Lipinski definition) is 8. The summed E-state index contributed by atoms with van der Waals surface area (Å²) in [4.78, 5) is 40.2. The molecule has 1 heterocycles. The number of hydrogen-bond donors (Lipinski definition) is 3. The van der Waals surface area contributed by atoms with Gasteiger partial charge in [0.25, 0.3) is 6.47 Å². The number of fused-ring (bicyclic) bond motifs is 1. The first-order valence-electron chi connectivity index (χ1n) is 12.6. The Hall–Kier alpha value is -3.56. The van der Waals surface area contributed by atoms with Crippen molar-refractivity contribution in [3.63, 3.8) is 0 Å². The lowest BCUT2D eigenvalue weighted by molar-refractivity contribution is -0.128. The molecular weight excluding hydrogens is 488 g/mol. The number of methoxy groups -OCH3 is 1. The molecule has 3 N–H and O–H groups in total. The van der Waals surface area contributed by atoms with Crippen LogP contribution in [0.3, 0.4) is 0 Å². The molecule has 1 aromatic carbocycles. The van der Waals surface area contributed by atoms with Crippen molar-refractivity contribution in [2.24, 2.45) is 5.92 Å². The zero-order valence-corrected chi connectivity index (χ0v) is 23.0. The number of aliphatic hydroxyl groups excluding tert-OH is 1. The molecule has 38 heavy (non-hydrogen) atoms. The van der Waals surface area contributed by atoms with Gasteiger partial charge >= 0.3 is 0 Å². The van der Waals surface area contributed by atoms with E-state index in [1.165, 1.54) is 14.0 Å². The molecule has 0 aliphatic heterocycles. The average molecular weight is 527 g/mol. The van der Waals surface area contributed by atoms with Gasteiger partial charge in [0.2, 0.25) is 5.91 Å². The lowest BCUT2D eigenvalue weighted by atomic mass is 9.88. The van der Waals surface area contributed by atoms with Crippen molar-refractivity contribution in [3.8, 4) is 5.75 Å². The van der Waals surface area contributed by atoms with Crippen LogP contribution in [-0.4, -0.2) is 59.8 Å². The van der Waals surface area contributed by atoms with Gasteiger partial charge in [0.1, 0.15) is 19.0 Å². The third kappa shape index (κ3) is 7.72. The van der Waals surface area contributed by atoms with Gasteiger partial charge in [0.05, 0.1) is 17.3 Å². The highest BCUT2D eigenvalue weighted by molar-refractivity contribution is 5.96. The van der Waals surface area contributed by atoms with E-state index in [2.05, 4.69) is 19.2 Å². The average Bonchev–Trinajstić information content (AvgIpc) is 2.90. The van der Waals surface area contributed by atoms with E-state index in [9.17, 15) is 24.6 Å². The third-order valence-corrected chi connectivity index (χ3v) is 6.65. The lowest BCUT2D eigenvalue weighted by Gasteiger charge is -2.22. The van der Waals surface area contributed by atoms with E-state index in [0.717, 1.165) is 23.1 Å². The minimum absolute atomic E-state index is 0.0731. The van der Waals surface area contributed by atoms with E-state index in [1.54, 1.807) is 25.1 Å². The number of aromatic hydroxyl groups is 1. The molecule has 9 heteroatoms. The van der Waals surface area contributed by atoms with Crippen LogP contribution in [0.4, 0.5) is 0 Å². The van der Waals surface area contributed by atoms with Gasteiger partial charge in [0.15, 0.2) is 5.78 Å². The fourth-order valence-corrected chi connectivity index (χ4v) is 4.22. The first kappa shape index (κ1) is 30.7. The summed E-state index contributed by atoms with van der Waals surface area (Å²) in [6, 6.07) is 4.87. The van der Waals surface area contributed by atoms with Gasteiger partial charge in [0, 0.05) is 24.6 Å². The molecule has 0 radical (unpaired) electrons. The first-order valence-corrected chi connectivity index (χ1v) is 12.6. The van der Waals surface area contributed by atoms with E-state index in [0.29, 0.717) is 40.6 Å². The molecule has 2 atom stereocenters. The summed E-state index contributed by atoms with van der Waals surface area (Å²) >= 11 is 0. The maximum absolute atomic E-state index is 12.5. The van der Waals surface area contributed by atoms with Crippen molar-refractivity contribution < 1.29 is 34.1 Å². The number of aliphatic hydroxyl groups is 1.